The summed E-state index contributed by atoms with van der Waals surface area (Å²) in [4.78, 5) is 18.5. The van der Waals surface area contributed by atoms with Crippen molar-refractivity contribution in [1.29, 1.82) is 0 Å². The van der Waals surface area contributed by atoms with Crippen LogP contribution in [0.5, 0.6) is 0 Å². The van der Waals surface area contributed by atoms with Crippen LogP contribution < -0.4 is 10.2 Å². The molecule has 0 aliphatic heterocycles. The molecule has 0 aliphatic carbocycles. The Hall–Kier alpha value is -3.15. The molecule has 0 saturated heterocycles. The van der Waals surface area contributed by atoms with Crippen molar-refractivity contribution < 1.29 is 4.79 Å². The van der Waals surface area contributed by atoms with Gasteiger partial charge in [0, 0.05) is 39.2 Å². The van der Waals surface area contributed by atoms with E-state index in [1.54, 1.807) is 23.1 Å². The van der Waals surface area contributed by atoms with Crippen molar-refractivity contribution in [3.63, 3.8) is 0 Å². The van der Waals surface area contributed by atoms with Gasteiger partial charge in [-0.15, -0.1) is 0 Å². The molecule has 0 saturated carbocycles. The Bertz CT molecular complexity index is 810. The third-order valence-corrected chi connectivity index (χ3v) is 3.65. The van der Waals surface area contributed by atoms with Gasteiger partial charge in [0.05, 0.1) is 11.3 Å². The van der Waals surface area contributed by atoms with Gasteiger partial charge in [0.25, 0.3) is 5.91 Å². The van der Waals surface area contributed by atoms with Gasteiger partial charge in [-0.05, 0) is 29.8 Å². The number of rotatable bonds is 5. The SMILES string of the molecule is CN(C)c1ccc(C(=O)NCc2ccccc2-n2cccn2)cn1. The molecular formula is C18H19N5O. The van der Waals surface area contributed by atoms with Crippen molar-refractivity contribution in [2.24, 2.45) is 0 Å². The van der Waals surface area contributed by atoms with E-state index in [4.69, 9.17) is 0 Å². The van der Waals surface area contributed by atoms with Crippen LogP contribution in [0.2, 0.25) is 0 Å². The highest BCUT2D eigenvalue weighted by atomic mass is 16.1. The first kappa shape index (κ1) is 15.7. The zero-order valence-corrected chi connectivity index (χ0v) is 13.7. The van der Waals surface area contributed by atoms with Crippen LogP contribution in [-0.4, -0.2) is 34.8 Å². The number of benzene rings is 1. The standard InChI is InChI=1S/C18H19N5O/c1-22(2)17-9-8-15(13-19-17)18(24)20-12-14-6-3-4-7-16(14)23-11-5-10-21-23/h3-11,13H,12H2,1-2H3,(H,20,24). The van der Waals surface area contributed by atoms with Crippen molar-refractivity contribution in [3.05, 3.63) is 72.2 Å². The van der Waals surface area contributed by atoms with Gasteiger partial charge in [-0.25, -0.2) is 9.67 Å². The van der Waals surface area contributed by atoms with Crippen LogP contribution in [0.3, 0.4) is 0 Å². The Labute approximate surface area is 140 Å². The Morgan fingerprint density at radius 2 is 2.00 bits per heavy atom. The van der Waals surface area contributed by atoms with Crippen molar-refractivity contribution >= 4 is 11.7 Å². The number of nitrogens with one attached hydrogen (secondary N) is 1. The van der Waals surface area contributed by atoms with Crippen molar-refractivity contribution in [1.82, 2.24) is 20.1 Å². The number of carbonyl (C=O) groups excluding carboxylic acids is 1. The molecule has 0 aliphatic rings. The van der Waals surface area contributed by atoms with E-state index in [-0.39, 0.29) is 5.91 Å². The van der Waals surface area contributed by atoms with E-state index >= 15 is 0 Å². The van der Waals surface area contributed by atoms with Gasteiger partial charge < -0.3 is 10.2 Å². The van der Waals surface area contributed by atoms with Crippen LogP contribution in [0.4, 0.5) is 5.82 Å². The van der Waals surface area contributed by atoms with E-state index in [0.29, 0.717) is 12.1 Å². The highest BCUT2D eigenvalue weighted by Gasteiger charge is 2.09. The lowest BCUT2D eigenvalue weighted by Gasteiger charge is -2.12. The van der Waals surface area contributed by atoms with Crippen LogP contribution >= 0.6 is 0 Å². The van der Waals surface area contributed by atoms with Crippen LogP contribution in [0.25, 0.3) is 5.69 Å². The highest BCUT2D eigenvalue weighted by Crippen LogP contribution is 2.13. The average Bonchev–Trinajstić information content (AvgIpc) is 3.14. The molecule has 3 rings (SSSR count). The van der Waals surface area contributed by atoms with Gasteiger partial charge in [-0.1, -0.05) is 18.2 Å². The zero-order chi connectivity index (χ0) is 16.9. The number of para-hydroxylation sites is 1. The summed E-state index contributed by atoms with van der Waals surface area (Å²) < 4.78 is 1.79. The molecule has 6 nitrogen and oxygen atoms in total. The van der Waals surface area contributed by atoms with Crippen LogP contribution in [0.15, 0.2) is 61.1 Å². The molecule has 2 aromatic heterocycles. The van der Waals surface area contributed by atoms with E-state index in [0.717, 1.165) is 17.1 Å². The lowest BCUT2D eigenvalue weighted by Crippen LogP contribution is -2.24. The first-order valence-electron chi connectivity index (χ1n) is 7.64. The molecule has 0 bridgehead atoms. The lowest BCUT2D eigenvalue weighted by molar-refractivity contribution is 0.0950. The fourth-order valence-corrected chi connectivity index (χ4v) is 2.36. The number of anilines is 1. The molecule has 24 heavy (non-hydrogen) atoms. The third kappa shape index (κ3) is 3.43. The van der Waals surface area contributed by atoms with E-state index in [2.05, 4.69) is 15.4 Å². The highest BCUT2D eigenvalue weighted by molar-refractivity contribution is 5.94. The summed E-state index contributed by atoms with van der Waals surface area (Å²) in [6.45, 7) is 0.421. The van der Waals surface area contributed by atoms with Gasteiger partial charge in [-0.2, -0.15) is 5.10 Å². The predicted molar refractivity (Wildman–Crippen MR) is 93.3 cm³/mol. The van der Waals surface area contributed by atoms with Gasteiger partial charge >= 0.3 is 0 Å². The van der Waals surface area contributed by atoms with E-state index in [1.165, 1.54) is 0 Å². The minimum absolute atomic E-state index is 0.150. The zero-order valence-electron chi connectivity index (χ0n) is 13.7. The van der Waals surface area contributed by atoms with E-state index in [1.807, 2.05) is 61.6 Å². The number of nitrogens with zero attached hydrogens (tertiary/aromatic N) is 4. The fraction of sp³-hybridized carbons (Fsp3) is 0.167. The number of carbonyl (C=O) groups is 1. The maximum Gasteiger partial charge on any atom is 0.253 e. The quantitative estimate of drug-likeness (QED) is 0.783. The summed E-state index contributed by atoms with van der Waals surface area (Å²) in [5.41, 5.74) is 2.48. The fourth-order valence-electron chi connectivity index (χ4n) is 2.36. The van der Waals surface area contributed by atoms with Crippen molar-refractivity contribution in [2.75, 3.05) is 19.0 Å². The number of aromatic nitrogens is 3. The third-order valence-electron chi connectivity index (χ3n) is 3.65. The molecule has 0 fully saturated rings. The Morgan fingerprint density at radius 3 is 2.67 bits per heavy atom. The van der Waals surface area contributed by atoms with Gasteiger partial charge in [-0.3, -0.25) is 4.79 Å². The summed E-state index contributed by atoms with van der Waals surface area (Å²) in [6.07, 6.45) is 5.20. The number of pyridine rings is 1. The molecule has 0 atom stereocenters. The topological polar surface area (TPSA) is 63.1 Å². The molecule has 1 aromatic carbocycles. The average molecular weight is 321 g/mol. The molecular weight excluding hydrogens is 302 g/mol. The second-order valence-corrected chi connectivity index (χ2v) is 5.56. The Morgan fingerprint density at radius 1 is 1.17 bits per heavy atom. The normalized spacial score (nSPS) is 10.4. The first-order chi connectivity index (χ1) is 11.6. The molecule has 1 amide bonds. The number of hydrogen-bond acceptors (Lipinski definition) is 4. The van der Waals surface area contributed by atoms with Crippen molar-refractivity contribution in [2.45, 2.75) is 6.54 Å². The first-order valence-corrected chi connectivity index (χ1v) is 7.64. The summed E-state index contributed by atoms with van der Waals surface area (Å²) in [7, 11) is 3.82. The second kappa shape index (κ2) is 6.95. The molecule has 3 aromatic rings. The van der Waals surface area contributed by atoms with E-state index < -0.39 is 0 Å². The summed E-state index contributed by atoms with van der Waals surface area (Å²) in [6, 6.07) is 13.3. The molecule has 1 N–H and O–H groups in total. The molecule has 2 heterocycles. The maximum atomic E-state index is 12.3. The minimum atomic E-state index is -0.150. The summed E-state index contributed by atoms with van der Waals surface area (Å²) in [5.74, 6) is 0.665. The predicted octanol–water partition coefficient (Wildman–Crippen LogP) is 2.26. The summed E-state index contributed by atoms with van der Waals surface area (Å²) in [5, 5.41) is 7.18. The Balaban J connectivity index is 1.71. The molecule has 0 spiro atoms. The van der Waals surface area contributed by atoms with Gasteiger partial charge in [0.1, 0.15) is 5.82 Å². The minimum Gasteiger partial charge on any atom is -0.363 e. The second-order valence-electron chi connectivity index (χ2n) is 5.56. The largest absolute Gasteiger partial charge is 0.363 e. The van der Waals surface area contributed by atoms with Crippen LogP contribution in [0, 0.1) is 0 Å². The van der Waals surface area contributed by atoms with Crippen molar-refractivity contribution in [3.8, 4) is 5.69 Å². The van der Waals surface area contributed by atoms with Crippen LogP contribution in [-0.2, 0) is 6.54 Å². The van der Waals surface area contributed by atoms with Crippen LogP contribution in [0.1, 0.15) is 15.9 Å². The molecule has 122 valence electrons. The summed E-state index contributed by atoms with van der Waals surface area (Å²) >= 11 is 0. The van der Waals surface area contributed by atoms with E-state index in [9.17, 15) is 4.79 Å². The maximum absolute atomic E-state index is 12.3. The Kier molecular flexibility index (Phi) is 4.56. The smallest absolute Gasteiger partial charge is 0.253 e. The molecule has 6 heteroatoms. The molecule has 0 unspecified atom stereocenters. The lowest BCUT2D eigenvalue weighted by atomic mass is 10.1. The van der Waals surface area contributed by atoms with Gasteiger partial charge in [0.15, 0.2) is 0 Å². The number of hydrogen-bond donors (Lipinski definition) is 1. The van der Waals surface area contributed by atoms with Gasteiger partial charge in [0.2, 0.25) is 0 Å². The monoisotopic (exact) mass is 321 g/mol. The molecule has 0 radical (unpaired) electrons. The number of amides is 1.